The molecule has 0 radical (unpaired) electrons. The first-order chi connectivity index (χ1) is 17.7. The second-order valence-electron chi connectivity index (χ2n) is 7.71. The zero-order valence-electron chi connectivity index (χ0n) is 24.4. The van der Waals surface area contributed by atoms with Gasteiger partial charge < -0.3 is 20.2 Å². The molecule has 2 aromatic rings. The predicted molar refractivity (Wildman–Crippen MR) is 156 cm³/mol. The molecule has 0 bridgehead atoms. The van der Waals surface area contributed by atoms with Gasteiger partial charge in [0.05, 0.1) is 11.9 Å². The van der Waals surface area contributed by atoms with Gasteiger partial charge in [0.2, 0.25) is 0 Å². The van der Waals surface area contributed by atoms with E-state index in [2.05, 4.69) is 25.7 Å². The minimum Gasteiger partial charge on any atom is -0.512 e. The number of anilines is 1. The first-order valence-corrected chi connectivity index (χ1v) is 13.1. The fraction of sp³-hybridized carbons (Fsp3) is 0.484. The summed E-state index contributed by atoms with van der Waals surface area (Å²) >= 11 is 0. The Morgan fingerprint density at radius 2 is 1.24 bits per heavy atom. The van der Waals surface area contributed by atoms with Crippen LogP contribution in [0.5, 0.6) is 0 Å². The molecule has 2 aromatic carbocycles. The lowest BCUT2D eigenvalue weighted by molar-refractivity contribution is 0.173. The largest absolute Gasteiger partial charge is 0.512 e. The van der Waals surface area contributed by atoms with Crippen molar-refractivity contribution in [1.82, 2.24) is 0 Å². The Labute approximate surface area is 225 Å². The zero-order chi connectivity index (χ0) is 29.2. The summed E-state index contributed by atoms with van der Waals surface area (Å²) in [6, 6.07) is 12.4. The summed E-state index contributed by atoms with van der Waals surface area (Å²) < 4.78 is 25.2. The number of likely N-dealkylation sites (N-methyl/N-ethyl adjacent to an activating group) is 1. The van der Waals surface area contributed by atoms with Gasteiger partial charge in [-0.2, -0.15) is 0 Å². The maximum atomic E-state index is 12.9. The van der Waals surface area contributed by atoms with E-state index in [0.717, 1.165) is 31.3 Å². The van der Waals surface area contributed by atoms with Gasteiger partial charge in [0.15, 0.2) is 0 Å². The Bertz CT molecular complexity index is 819. The Morgan fingerprint density at radius 1 is 0.811 bits per heavy atom. The van der Waals surface area contributed by atoms with E-state index < -0.39 is 6.10 Å². The average molecular weight is 524 g/mol. The molecule has 6 heteroatoms. The molecule has 3 N–H and O–H groups in total. The van der Waals surface area contributed by atoms with Crippen LogP contribution in [0.15, 0.2) is 72.0 Å². The number of hydrogen-bond acceptors (Lipinski definition) is 4. The van der Waals surface area contributed by atoms with Gasteiger partial charge in [0, 0.05) is 32.8 Å². The van der Waals surface area contributed by atoms with E-state index in [4.69, 9.17) is 5.11 Å². The average Bonchev–Trinajstić information content (AvgIpc) is 2.94. The van der Waals surface area contributed by atoms with Crippen LogP contribution in [0.25, 0.3) is 0 Å². The topological polar surface area (TPSA) is 63.9 Å². The van der Waals surface area contributed by atoms with Crippen molar-refractivity contribution in [3.8, 4) is 0 Å². The predicted octanol–water partition coefficient (Wildman–Crippen LogP) is 8.77. The second-order valence-corrected chi connectivity index (χ2v) is 7.71. The number of hydrogen-bond donors (Lipinski definition) is 3. The number of nitrogens with zero attached hydrogens (tertiary/aromatic N) is 1. The molecule has 0 saturated carbocycles. The third-order valence-electron chi connectivity index (χ3n) is 4.68. The molecular weight excluding hydrogens is 472 g/mol. The van der Waals surface area contributed by atoms with Crippen molar-refractivity contribution in [2.75, 3.05) is 25.6 Å². The molecule has 0 saturated heterocycles. The third kappa shape index (κ3) is 20.1. The second kappa shape index (κ2) is 26.4. The summed E-state index contributed by atoms with van der Waals surface area (Å²) in [7, 11) is 2.97. The molecule has 1 unspecified atom stereocenters. The summed E-state index contributed by atoms with van der Waals surface area (Å²) in [5, 5.41) is 25.7. The number of rotatable bonds is 8. The van der Waals surface area contributed by atoms with E-state index in [0.29, 0.717) is 18.6 Å². The summed E-state index contributed by atoms with van der Waals surface area (Å²) in [6.45, 7) is 14.9. The Morgan fingerprint density at radius 3 is 1.62 bits per heavy atom. The van der Waals surface area contributed by atoms with Crippen LogP contribution in [0.4, 0.5) is 14.5 Å². The van der Waals surface area contributed by atoms with Crippen molar-refractivity contribution in [2.45, 2.75) is 80.3 Å². The molecule has 0 aliphatic rings. The van der Waals surface area contributed by atoms with Crippen LogP contribution < -0.4 is 4.90 Å². The maximum absolute atomic E-state index is 12.9. The van der Waals surface area contributed by atoms with Gasteiger partial charge in [-0.25, -0.2) is 8.78 Å². The highest BCUT2D eigenvalue weighted by Gasteiger charge is 2.04. The van der Waals surface area contributed by atoms with Crippen molar-refractivity contribution < 1.29 is 24.1 Å². The maximum Gasteiger partial charge on any atom is 0.123 e. The fourth-order valence-corrected chi connectivity index (χ4v) is 2.63. The third-order valence-corrected chi connectivity index (χ3v) is 4.68. The zero-order valence-corrected chi connectivity index (χ0v) is 24.4. The number of benzene rings is 2. The lowest BCUT2D eigenvalue weighted by Crippen LogP contribution is -2.19. The highest BCUT2D eigenvalue weighted by Crippen LogP contribution is 2.16. The number of aliphatic hydroxyl groups is 3. The minimum absolute atomic E-state index is 0.223. The van der Waals surface area contributed by atoms with Gasteiger partial charge >= 0.3 is 0 Å². The van der Waals surface area contributed by atoms with E-state index in [-0.39, 0.29) is 11.6 Å². The lowest BCUT2D eigenvalue weighted by Gasteiger charge is -2.20. The van der Waals surface area contributed by atoms with Crippen LogP contribution in [0.3, 0.4) is 0 Å². The molecule has 4 nitrogen and oxygen atoms in total. The number of halogens is 2. The molecule has 0 amide bonds. The van der Waals surface area contributed by atoms with Crippen LogP contribution in [-0.2, 0) is 0 Å². The van der Waals surface area contributed by atoms with Crippen molar-refractivity contribution in [3.63, 3.8) is 0 Å². The van der Waals surface area contributed by atoms with Crippen LogP contribution in [0, 0.1) is 11.6 Å². The van der Waals surface area contributed by atoms with Crippen molar-refractivity contribution in [2.24, 2.45) is 0 Å². The minimum atomic E-state index is -0.462. The smallest absolute Gasteiger partial charge is 0.123 e. The van der Waals surface area contributed by atoms with E-state index >= 15 is 0 Å². The van der Waals surface area contributed by atoms with E-state index in [1.54, 1.807) is 30.3 Å². The fourth-order valence-electron chi connectivity index (χ4n) is 2.63. The molecule has 1 atom stereocenters. The van der Waals surface area contributed by atoms with Gasteiger partial charge in [-0.05, 0) is 60.9 Å². The summed E-state index contributed by atoms with van der Waals surface area (Å²) in [4.78, 5) is 2.06. The molecule has 2 rings (SSSR count). The van der Waals surface area contributed by atoms with Crippen LogP contribution in [0.2, 0.25) is 0 Å². The highest BCUT2D eigenvalue weighted by molar-refractivity contribution is 5.46. The van der Waals surface area contributed by atoms with Gasteiger partial charge in [-0.15, -0.1) is 0 Å². The van der Waals surface area contributed by atoms with Gasteiger partial charge in [-0.3, -0.25) is 0 Å². The first kappa shape index (κ1) is 38.8. The van der Waals surface area contributed by atoms with Gasteiger partial charge in [-0.1, -0.05) is 78.7 Å². The summed E-state index contributed by atoms with van der Waals surface area (Å²) in [5.74, 6) is -0.105. The normalized spacial score (nSPS) is 11.2. The van der Waals surface area contributed by atoms with E-state index in [1.807, 2.05) is 40.8 Å². The molecule has 212 valence electrons. The lowest BCUT2D eigenvalue weighted by atomic mass is 10.1. The Hall–Kier alpha value is -2.70. The van der Waals surface area contributed by atoms with Gasteiger partial charge in [0.1, 0.15) is 11.6 Å². The summed E-state index contributed by atoms with van der Waals surface area (Å²) in [6.07, 6.45) is 6.71. The van der Waals surface area contributed by atoms with Crippen LogP contribution in [-0.4, -0.2) is 36.0 Å². The molecule has 0 aliphatic heterocycles. The first-order valence-electron chi connectivity index (χ1n) is 13.1. The molecule has 0 aromatic heterocycles. The van der Waals surface area contributed by atoms with Crippen LogP contribution >= 0.6 is 0 Å². The van der Waals surface area contributed by atoms with Crippen molar-refractivity contribution in [1.29, 1.82) is 0 Å². The Balaban J connectivity index is -0.000000542. The van der Waals surface area contributed by atoms with Crippen LogP contribution in [0.1, 0.15) is 85.8 Å². The molecule has 0 heterocycles. The van der Waals surface area contributed by atoms with Crippen molar-refractivity contribution in [3.05, 3.63) is 89.2 Å². The summed E-state index contributed by atoms with van der Waals surface area (Å²) in [5.41, 5.74) is 2.96. The molecule has 0 spiro atoms. The van der Waals surface area contributed by atoms with E-state index in [1.165, 1.54) is 36.3 Å². The number of allylic oxidation sites excluding steroid dienone is 3. The highest BCUT2D eigenvalue weighted by atomic mass is 19.1. The molecule has 0 aliphatic carbocycles. The standard InChI is InChI=1S/C16H22FNO.C9H11FO.C3H8.C2H6.CH4O/c1-4-13(6-11-16(19)5-2)12-18(3)15-9-7-14(17)8-10-15;1-2-9(11)7-3-5-8(10)6-4-7;1-3-2;2*1-2/h6-11,19H,4-5,12H2,1-3H3;3-6,9,11H,2H2,1H3;3H2,1-2H3;1-2H3;2H,1H3/b13-6+,16-11+;;;;. The van der Waals surface area contributed by atoms with Gasteiger partial charge in [0.25, 0.3) is 0 Å². The molecule has 37 heavy (non-hydrogen) atoms. The molecular formula is C31H51F2NO3. The SMILES string of the molecule is CC.CC/C(O)=C\C=C(/CC)CN(C)c1ccc(F)cc1.CCC.CCC(O)c1ccc(F)cc1.CO. The van der Waals surface area contributed by atoms with Crippen molar-refractivity contribution >= 4 is 5.69 Å². The van der Waals surface area contributed by atoms with E-state index in [9.17, 15) is 19.0 Å². The molecule has 0 fully saturated rings. The quantitative estimate of drug-likeness (QED) is 0.239. The monoisotopic (exact) mass is 523 g/mol. The Kier molecular flexibility index (Phi) is 27.7. The number of aliphatic hydroxyl groups excluding tert-OH is 3.